The average molecular weight is 408 g/mol. The predicted molar refractivity (Wildman–Crippen MR) is 114 cm³/mol. The number of hydrogen-bond acceptors (Lipinski definition) is 4. The van der Waals surface area contributed by atoms with Crippen LogP contribution < -0.4 is 14.8 Å². The third kappa shape index (κ3) is 5.46. The van der Waals surface area contributed by atoms with Crippen LogP contribution in [0.25, 0.3) is 0 Å². The summed E-state index contributed by atoms with van der Waals surface area (Å²) < 4.78 is 32.6. The van der Waals surface area contributed by atoms with E-state index in [1.165, 1.54) is 12.1 Å². The molecule has 0 heterocycles. The SMILES string of the molecule is C=CCOc1ccc(NC(=O)c2ccc(NS(=O)(=O)c3ccccc3)cc2)cc1. The van der Waals surface area contributed by atoms with Crippen molar-refractivity contribution in [2.24, 2.45) is 0 Å². The number of sulfonamides is 1. The van der Waals surface area contributed by atoms with Crippen molar-refractivity contribution >= 4 is 27.3 Å². The van der Waals surface area contributed by atoms with Gasteiger partial charge in [-0.1, -0.05) is 30.9 Å². The molecule has 3 aromatic carbocycles. The lowest BCUT2D eigenvalue weighted by Crippen LogP contribution is -2.14. The Kier molecular flexibility index (Phi) is 6.31. The molecule has 3 rings (SSSR count). The molecule has 1 amide bonds. The van der Waals surface area contributed by atoms with Gasteiger partial charge in [0, 0.05) is 16.9 Å². The minimum Gasteiger partial charge on any atom is -0.490 e. The summed E-state index contributed by atoms with van der Waals surface area (Å²) in [6, 6.07) is 21.2. The van der Waals surface area contributed by atoms with Gasteiger partial charge in [-0.25, -0.2) is 8.42 Å². The van der Waals surface area contributed by atoms with Crippen LogP contribution in [0.5, 0.6) is 5.75 Å². The van der Waals surface area contributed by atoms with Gasteiger partial charge >= 0.3 is 0 Å². The summed E-state index contributed by atoms with van der Waals surface area (Å²) in [7, 11) is -3.67. The Morgan fingerprint density at radius 1 is 0.897 bits per heavy atom. The molecule has 0 spiro atoms. The second-order valence-electron chi connectivity index (χ2n) is 6.07. The maximum Gasteiger partial charge on any atom is 0.261 e. The molecule has 0 saturated carbocycles. The zero-order valence-electron chi connectivity index (χ0n) is 15.5. The zero-order chi connectivity index (χ0) is 20.7. The Morgan fingerprint density at radius 3 is 2.14 bits per heavy atom. The summed E-state index contributed by atoms with van der Waals surface area (Å²) in [5, 5.41) is 2.78. The van der Waals surface area contributed by atoms with E-state index in [-0.39, 0.29) is 10.8 Å². The summed E-state index contributed by atoms with van der Waals surface area (Å²) in [5.74, 6) is 0.375. The highest BCUT2D eigenvalue weighted by Crippen LogP contribution is 2.19. The fourth-order valence-electron chi connectivity index (χ4n) is 2.50. The van der Waals surface area contributed by atoms with Gasteiger partial charge in [-0.3, -0.25) is 9.52 Å². The van der Waals surface area contributed by atoms with Crippen LogP contribution in [0.3, 0.4) is 0 Å². The lowest BCUT2D eigenvalue weighted by Gasteiger charge is -2.10. The third-order valence-corrected chi connectivity index (χ3v) is 5.33. The van der Waals surface area contributed by atoms with E-state index >= 15 is 0 Å². The fourth-order valence-corrected chi connectivity index (χ4v) is 3.58. The molecule has 2 N–H and O–H groups in total. The molecule has 0 unspecified atom stereocenters. The Bertz CT molecular complexity index is 1080. The molecule has 148 valence electrons. The number of amides is 1. The number of anilines is 2. The molecule has 0 aliphatic heterocycles. The van der Waals surface area contributed by atoms with Crippen LogP contribution in [0, 0.1) is 0 Å². The van der Waals surface area contributed by atoms with Crippen molar-refractivity contribution in [3.05, 3.63) is 97.1 Å². The van der Waals surface area contributed by atoms with E-state index in [4.69, 9.17) is 4.74 Å². The largest absolute Gasteiger partial charge is 0.490 e. The van der Waals surface area contributed by atoms with E-state index in [1.54, 1.807) is 72.8 Å². The summed E-state index contributed by atoms with van der Waals surface area (Å²) in [6.07, 6.45) is 1.65. The molecule has 0 atom stereocenters. The molecule has 0 aliphatic rings. The van der Waals surface area contributed by atoms with E-state index in [1.807, 2.05) is 0 Å². The molecular weight excluding hydrogens is 388 g/mol. The zero-order valence-corrected chi connectivity index (χ0v) is 16.4. The maximum atomic E-state index is 12.4. The van der Waals surface area contributed by atoms with Crippen molar-refractivity contribution in [1.82, 2.24) is 0 Å². The summed E-state index contributed by atoms with van der Waals surface area (Å²) in [6.45, 7) is 4.00. The Hall–Kier alpha value is -3.58. The highest BCUT2D eigenvalue weighted by Gasteiger charge is 2.14. The van der Waals surface area contributed by atoms with Crippen LogP contribution >= 0.6 is 0 Å². The molecule has 3 aromatic rings. The van der Waals surface area contributed by atoms with Gasteiger partial charge in [-0.2, -0.15) is 0 Å². The Balaban J connectivity index is 1.63. The van der Waals surface area contributed by atoms with Crippen LogP contribution in [-0.2, 0) is 10.0 Å². The summed E-state index contributed by atoms with van der Waals surface area (Å²) in [4.78, 5) is 12.6. The van der Waals surface area contributed by atoms with E-state index in [2.05, 4.69) is 16.6 Å². The Labute approximate surface area is 169 Å². The quantitative estimate of drug-likeness (QED) is 0.544. The standard InChI is InChI=1S/C22H20N2O4S/c1-2-16-28-20-14-12-18(13-15-20)23-22(25)17-8-10-19(11-9-17)24-29(26,27)21-6-4-3-5-7-21/h2-15,24H,1,16H2,(H,23,25). The second kappa shape index (κ2) is 9.07. The van der Waals surface area contributed by atoms with Gasteiger partial charge in [0.1, 0.15) is 12.4 Å². The van der Waals surface area contributed by atoms with Gasteiger partial charge < -0.3 is 10.1 Å². The number of rotatable bonds is 8. The average Bonchev–Trinajstić information content (AvgIpc) is 2.74. The number of carbonyl (C=O) groups is 1. The van der Waals surface area contributed by atoms with Crippen LogP contribution in [0.1, 0.15) is 10.4 Å². The first-order chi connectivity index (χ1) is 14.0. The van der Waals surface area contributed by atoms with Gasteiger partial charge in [0.15, 0.2) is 0 Å². The van der Waals surface area contributed by atoms with E-state index in [0.29, 0.717) is 29.3 Å². The monoisotopic (exact) mass is 408 g/mol. The first-order valence-corrected chi connectivity index (χ1v) is 10.3. The molecule has 0 radical (unpaired) electrons. The molecule has 0 saturated heterocycles. The number of carbonyl (C=O) groups excluding carboxylic acids is 1. The summed E-state index contributed by atoms with van der Waals surface area (Å²) in [5.41, 5.74) is 1.39. The molecule has 29 heavy (non-hydrogen) atoms. The van der Waals surface area contributed by atoms with Crippen LogP contribution in [0.15, 0.2) is 96.4 Å². The van der Waals surface area contributed by atoms with Crippen LogP contribution in [0.4, 0.5) is 11.4 Å². The number of hydrogen-bond donors (Lipinski definition) is 2. The van der Waals surface area contributed by atoms with E-state index < -0.39 is 10.0 Å². The second-order valence-corrected chi connectivity index (χ2v) is 7.76. The van der Waals surface area contributed by atoms with Crippen molar-refractivity contribution in [2.75, 3.05) is 16.6 Å². The molecule has 0 fully saturated rings. The maximum absolute atomic E-state index is 12.4. The van der Waals surface area contributed by atoms with Gasteiger partial charge in [0.05, 0.1) is 4.90 Å². The first-order valence-electron chi connectivity index (χ1n) is 8.81. The van der Waals surface area contributed by atoms with Crippen molar-refractivity contribution in [3.8, 4) is 5.75 Å². The normalized spacial score (nSPS) is 10.8. The molecule has 0 aromatic heterocycles. The van der Waals surface area contributed by atoms with Gasteiger partial charge in [0.25, 0.3) is 15.9 Å². The highest BCUT2D eigenvalue weighted by molar-refractivity contribution is 7.92. The van der Waals surface area contributed by atoms with Gasteiger partial charge in [0.2, 0.25) is 0 Å². The lowest BCUT2D eigenvalue weighted by atomic mass is 10.2. The van der Waals surface area contributed by atoms with Crippen molar-refractivity contribution in [2.45, 2.75) is 4.90 Å². The van der Waals surface area contributed by atoms with Crippen LogP contribution in [0.2, 0.25) is 0 Å². The number of nitrogens with one attached hydrogen (secondary N) is 2. The van der Waals surface area contributed by atoms with Crippen molar-refractivity contribution < 1.29 is 17.9 Å². The van der Waals surface area contributed by atoms with Gasteiger partial charge in [-0.05, 0) is 60.7 Å². The molecule has 0 aliphatic carbocycles. The third-order valence-electron chi connectivity index (χ3n) is 3.93. The van der Waals surface area contributed by atoms with Crippen molar-refractivity contribution in [3.63, 3.8) is 0 Å². The lowest BCUT2D eigenvalue weighted by molar-refractivity contribution is 0.102. The fraction of sp³-hybridized carbons (Fsp3) is 0.0455. The molecular formula is C22H20N2O4S. The first kappa shape index (κ1) is 20.2. The van der Waals surface area contributed by atoms with Crippen molar-refractivity contribution in [1.29, 1.82) is 0 Å². The van der Waals surface area contributed by atoms with E-state index in [0.717, 1.165) is 0 Å². The number of ether oxygens (including phenoxy) is 1. The number of benzene rings is 3. The van der Waals surface area contributed by atoms with E-state index in [9.17, 15) is 13.2 Å². The molecule has 6 nitrogen and oxygen atoms in total. The summed E-state index contributed by atoms with van der Waals surface area (Å²) >= 11 is 0. The topological polar surface area (TPSA) is 84.5 Å². The Morgan fingerprint density at radius 2 is 1.52 bits per heavy atom. The smallest absolute Gasteiger partial charge is 0.261 e. The highest BCUT2D eigenvalue weighted by atomic mass is 32.2. The molecule has 7 heteroatoms. The minimum absolute atomic E-state index is 0.169. The van der Waals surface area contributed by atoms with Crippen LogP contribution in [-0.4, -0.2) is 20.9 Å². The predicted octanol–water partition coefficient (Wildman–Crippen LogP) is 4.30. The molecule has 0 bridgehead atoms. The minimum atomic E-state index is -3.67. The van der Waals surface area contributed by atoms with Gasteiger partial charge in [-0.15, -0.1) is 0 Å².